The Balaban J connectivity index is 2.75. The maximum Gasteiger partial charge on any atom is 0.227 e. The van der Waals surface area contributed by atoms with Crippen molar-refractivity contribution in [3.63, 3.8) is 0 Å². The molecule has 1 amide bonds. The third-order valence-corrected chi connectivity index (χ3v) is 3.75. The van der Waals surface area contributed by atoms with E-state index in [2.05, 4.69) is 0 Å². The first-order valence-corrected chi connectivity index (χ1v) is 6.73. The van der Waals surface area contributed by atoms with Crippen LogP contribution in [-0.4, -0.2) is 41.7 Å². The lowest BCUT2D eigenvalue weighted by Crippen LogP contribution is -2.47. The molecule has 1 saturated heterocycles. The zero-order valence-corrected chi connectivity index (χ0v) is 11.1. The van der Waals surface area contributed by atoms with Gasteiger partial charge in [-0.2, -0.15) is 0 Å². The molecule has 4 heteroatoms. The van der Waals surface area contributed by atoms with Crippen molar-refractivity contribution < 1.29 is 9.90 Å². The Bertz CT molecular complexity index is 244. The number of rotatable bonds is 4. The predicted molar refractivity (Wildman–Crippen MR) is 68.4 cm³/mol. The van der Waals surface area contributed by atoms with Crippen molar-refractivity contribution in [2.75, 3.05) is 19.7 Å². The summed E-state index contributed by atoms with van der Waals surface area (Å²) in [6, 6.07) is -0.00204. The lowest BCUT2D eigenvalue weighted by Gasteiger charge is -2.33. The monoisotopic (exact) mass is 242 g/mol. The smallest absolute Gasteiger partial charge is 0.227 e. The van der Waals surface area contributed by atoms with E-state index in [1.54, 1.807) is 0 Å². The first-order chi connectivity index (χ1) is 8.11. The van der Waals surface area contributed by atoms with Crippen molar-refractivity contribution in [1.29, 1.82) is 0 Å². The predicted octanol–water partition coefficient (Wildman–Crippen LogP) is 0.981. The Kier molecular flexibility index (Phi) is 5.92. The van der Waals surface area contributed by atoms with E-state index < -0.39 is 0 Å². The van der Waals surface area contributed by atoms with E-state index >= 15 is 0 Å². The molecule has 1 heterocycles. The molecule has 1 aliphatic rings. The number of nitrogens with two attached hydrogens (primary N) is 1. The van der Waals surface area contributed by atoms with Crippen molar-refractivity contribution in [3.8, 4) is 0 Å². The lowest BCUT2D eigenvalue weighted by molar-refractivity contribution is -0.139. The number of aliphatic hydroxyl groups excluding tert-OH is 1. The Morgan fingerprint density at radius 2 is 2.12 bits per heavy atom. The van der Waals surface area contributed by atoms with Crippen molar-refractivity contribution in [1.82, 2.24) is 4.90 Å². The fourth-order valence-electron chi connectivity index (χ4n) is 2.53. The topological polar surface area (TPSA) is 66.6 Å². The zero-order valence-electron chi connectivity index (χ0n) is 11.1. The molecular weight excluding hydrogens is 216 g/mol. The largest absolute Gasteiger partial charge is 0.394 e. The van der Waals surface area contributed by atoms with Gasteiger partial charge in [0.15, 0.2) is 0 Å². The van der Waals surface area contributed by atoms with Crippen LogP contribution in [-0.2, 0) is 4.79 Å². The van der Waals surface area contributed by atoms with Crippen molar-refractivity contribution >= 4 is 5.91 Å². The van der Waals surface area contributed by atoms with Gasteiger partial charge in [-0.25, -0.2) is 0 Å². The molecule has 4 nitrogen and oxygen atoms in total. The van der Waals surface area contributed by atoms with Crippen LogP contribution in [0.15, 0.2) is 0 Å². The molecule has 0 aliphatic carbocycles. The number of amides is 1. The molecular formula is C13H26N2O2. The van der Waals surface area contributed by atoms with E-state index in [4.69, 9.17) is 5.73 Å². The van der Waals surface area contributed by atoms with E-state index in [0.29, 0.717) is 6.54 Å². The van der Waals surface area contributed by atoms with Gasteiger partial charge in [-0.15, -0.1) is 0 Å². The highest BCUT2D eigenvalue weighted by atomic mass is 16.3. The average Bonchev–Trinajstić information content (AvgIpc) is 2.53. The number of nitrogens with zero attached hydrogens (tertiary/aromatic N) is 1. The maximum absolute atomic E-state index is 12.4. The average molecular weight is 242 g/mol. The molecule has 0 radical (unpaired) electrons. The maximum atomic E-state index is 12.4. The molecule has 1 rings (SSSR count). The third-order valence-electron chi connectivity index (χ3n) is 3.75. The second kappa shape index (κ2) is 6.97. The Morgan fingerprint density at radius 3 is 2.65 bits per heavy atom. The van der Waals surface area contributed by atoms with Crippen LogP contribution in [0.5, 0.6) is 0 Å². The molecule has 0 aromatic rings. The second-order valence-corrected chi connectivity index (χ2v) is 5.30. The summed E-state index contributed by atoms with van der Waals surface area (Å²) in [6.07, 6.45) is 4.20. The first-order valence-electron chi connectivity index (χ1n) is 6.73. The van der Waals surface area contributed by atoms with Crippen molar-refractivity contribution in [2.45, 2.75) is 45.6 Å². The normalized spacial score (nSPS) is 23.6. The van der Waals surface area contributed by atoms with Gasteiger partial charge in [-0.3, -0.25) is 4.79 Å². The van der Waals surface area contributed by atoms with E-state index in [-0.39, 0.29) is 30.4 Å². The van der Waals surface area contributed by atoms with E-state index in [1.165, 1.54) is 0 Å². The molecule has 0 saturated carbocycles. The van der Waals surface area contributed by atoms with Crippen LogP contribution in [0.3, 0.4) is 0 Å². The molecule has 100 valence electrons. The second-order valence-electron chi connectivity index (χ2n) is 5.30. The quantitative estimate of drug-likeness (QED) is 0.772. The molecule has 3 N–H and O–H groups in total. The summed E-state index contributed by atoms with van der Waals surface area (Å²) in [4.78, 5) is 14.3. The standard InChI is InChI=1S/C13H26N2O2/c1-10(2)12(8-14)13(17)15-7-5-3-4-6-11(15)9-16/h10-12,16H,3-9,14H2,1-2H3. The summed E-state index contributed by atoms with van der Waals surface area (Å²) in [5.41, 5.74) is 5.70. The number of hydrogen-bond donors (Lipinski definition) is 2. The van der Waals surface area contributed by atoms with Crippen LogP contribution in [0.2, 0.25) is 0 Å². The minimum Gasteiger partial charge on any atom is -0.394 e. The molecule has 0 spiro atoms. The molecule has 17 heavy (non-hydrogen) atoms. The fourth-order valence-corrected chi connectivity index (χ4v) is 2.53. The Morgan fingerprint density at radius 1 is 1.41 bits per heavy atom. The summed E-state index contributed by atoms with van der Waals surface area (Å²) in [5.74, 6) is 0.278. The molecule has 1 fully saturated rings. The summed E-state index contributed by atoms with van der Waals surface area (Å²) < 4.78 is 0. The molecule has 0 aromatic heterocycles. The van der Waals surface area contributed by atoms with Gasteiger partial charge in [0.2, 0.25) is 5.91 Å². The SMILES string of the molecule is CC(C)C(CN)C(=O)N1CCCCCC1CO. The number of aliphatic hydroxyl groups is 1. The van der Waals surface area contributed by atoms with E-state index in [0.717, 1.165) is 32.2 Å². The van der Waals surface area contributed by atoms with Crippen LogP contribution >= 0.6 is 0 Å². The van der Waals surface area contributed by atoms with Crippen LogP contribution in [0, 0.1) is 11.8 Å². The highest BCUT2D eigenvalue weighted by Gasteiger charge is 2.30. The fraction of sp³-hybridized carbons (Fsp3) is 0.923. The van der Waals surface area contributed by atoms with Gasteiger partial charge in [-0.1, -0.05) is 26.7 Å². The third kappa shape index (κ3) is 3.68. The summed E-state index contributed by atoms with van der Waals surface area (Å²) >= 11 is 0. The van der Waals surface area contributed by atoms with Crippen LogP contribution in [0.4, 0.5) is 0 Å². The van der Waals surface area contributed by atoms with Crippen LogP contribution in [0.1, 0.15) is 39.5 Å². The van der Waals surface area contributed by atoms with Gasteiger partial charge in [0.05, 0.1) is 18.6 Å². The number of hydrogen-bond acceptors (Lipinski definition) is 3. The lowest BCUT2D eigenvalue weighted by atomic mass is 9.93. The molecule has 2 unspecified atom stereocenters. The van der Waals surface area contributed by atoms with Gasteiger partial charge in [0.1, 0.15) is 0 Å². The molecule has 0 bridgehead atoms. The number of carbonyl (C=O) groups excluding carboxylic acids is 1. The number of carbonyl (C=O) groups is 1. The minimum atomic E-state index is -0.109. The van der Waals surface area contributed by atoms with E-state index in [1.807, 2.05) is 18.7 Å². The molecule has 1 aliphatic heterocycles. The van der Waals surface area contributed by atoms with Crippen molar-refractivity contribution in [3.05, 3.63) is 0 Å². The summed E-state index contributed by atoms with van der Waals surface area (Å²) in [5, 5.41) is 9.40. The zero-order chi connectivity index (χ0) is 12.8. The van der Waals surface area contributed by atoms with E-state index in [9.17, 15) is 9.90 Å². The minimum absolute atomic E-state index is 0.00204. The first kappa shape index (κ1) is 14.5. The Labute approximate surface area is 104 Å². The number of likely N-dealkylation sites (tertiary alicyclic amines) is 1. The highest BCUT2D eigenvalue weighted by molar-refractivity contribution is 5.79. The molecule has 0 aromatic carbocycles. The highest BCUT2D eigenvalue weighted by Crippen LogP contribution is 2.21. The van der Waals surface area contributed by atoms with Crippen molar-refractivity contribution in [2.24, 2.45) is 17.6 Å². The van der Waals surface area contributed by atoms with Crippen LogP contribution in [0.25, 0.3) is 0 Å². The van der Waals surface area contributed by atoms with Gasteiger partial charge >= 0.3 is 0 Å². The van der Waals surface area contributed by atoms with Gasteiger partial charge in [0.25, 0.3) is 0 Å². The molecule has 2 atom stereocenters. The van der Waals surface area contributed by atoms with Gasteiger partial charge in [0, 0.05) is 13.1 Å². The summed E-state index contributed by atoms with van der Waals surface area (Å²) in [7, 11) is 0. The van der Waals surface area contributed by atoms with Gasteiger partial charge in [-0.05, 0) is 18.8 Å². The van der Waals surface area contributed by atoms with Crippen LogP contribution < -0.4 is 5.73 Å². The summed E-state index contributed by atoms with van der Waals surface area (Å²) in [6.45, 7) is 5.29. The van der Waals surface area contributed by atoms with Gasteiger partial charge < -0.3 is 15.7 Å². The Hall–Kier alpha value is -0.610.